The highest BCUT2D eigenvalue weighted by Crippen LogP contribution is 2.33. The van der Waals surface area contributed by atoms with Gasteiger partial charge in [0.15, 0.2) is 5.96 Å². The first-order valence-corrected chi connectivity index (χ1v) is 9.52. The van der Waals surface area contributed by atoms with Crippen molar-refractivity contribution in [2.45, 2.75) is 51.7 Å². The maximum Gasteiger partial charge on any atom is 0.407 e. The van der Waals surface area contributed by atoms with Crippen LogP contribution in [0.5, 0.6) is 0 Å². The van der Waals surface area contributed by atoms with Crippen LogP contribution in [0.4, 0.5) is 4.79 Å². The van der Waals surface area contributed by atoms with Gasteiger partial charge in [0.25, 0.3) is 0 Å². The zero-order valence-corrected chi connectivity index (χ0v) is 16.6. The monoisotopic (exact) mass is 376 g/mol. The maximum absolute atomic E-state index is 12.1. The average molecular weight is 377 g/mol. The quantitative estimate of drug-likeness (QED) is 0.350. The summed E-state index contributed by atoms with van der Waals surface area (Å²) in [6, 6.07) is 3.80. The minimum absolute atomic E-state index is 0.0211. The van der Waals surface area contributed by atoms with Crippen molar-refractivity contribution < 1.29 is 13.9 Å². The lowest BCUT2D eigenvalue weighted by Gasteiger charge is -2.23. The Labute approximate surface area is 161 Å². The maximum atomic E-state index is 12.1. The molecule has 0 aliphatic heterocycles. The molecular weight excluding hydrogens is 344 g/mol. The molecule has 150 valence electrons. The van der Waals surface area contributed by atoms with Crippen LogP contribution in [-0.2, 0) is 11.2 Å². The lowest BCUT2D eigenvalue weighted by atomic mass is 10.2. The smallest absolute Gasteiger partial charge is 0.407 e. The first-order valence-electron chi connectivity index (χ1n) is 9.52. The number of carbonyl (C=O) groups is 1. The summed E-state index contributed by atoms with van der Waals surface area (Å²) in [5.74, 6) is 2.08. The molecule has 0 radical (unpaired) electrons. The molecule has 1 aromatic rings. The van der Waals surface area contributed by atoms with Crippen LogP contribution in [0, 0.1) is 5.92 Å². The molecule has 0 bridgehead atoms. The Balaban J connectivity index is 1.87. The Morgan fingerprint density at radius 1 is 1.44 bits per heavy atom. The number of guanidine groups is 1. The summed E-state index contributed by atoms with van der Waals surface area (Å²) >= 11 is 0. The highest BCUT2D eigenvalue weighted by atomic mass is 16.6. The predicted molar refractivity (Wildman–Crippen MR) is 107 cm³/mol. The number of nitrogens with zero attached hydrogens (tertiary/aromatic N) is 1. The number of carbonyl (C=O) groups excluding carboxylic acids is 1. The first-order chi connectivity index (χ1) is 12.9. The number of hydrogen-bond donors (Lipinski definition) is 3. The molecule has 1 heterocycles. The van der Waals surface area contributed by atoms with Gasteiger partial charge in [-0.2, -0.15) is 0 Å². The van der Waals surface area contributed by atoms with Crippen LogP contribution in [0.1, 0.15) is 39.4 Å². The van der Waals surface area contributed by atoms with Crippen LogP contribution in [0.25, 0.3) is 0 Å². The molecule has 1 amide bonds. The molecule has 0 aromatic carbocycles. The van der Waals surface area contributed by atoms with E-state index in [4.69, 9.17) is 9.15 Å². The van der Waals surface area contributed by atoms with Crippen molar-refractivity contribution in [1.29, 1.82) is 0 Å². The molecular formula is C20H32N4O3. The topological polar surface area (TPSA) is 87.9 Å². The second-order valence-corrected chi connectivity index (χ2v) is 7.71. The highest BCUT2D eigenvalue weighted by molar-refractivity contribution is 5.80. The van der Waals surface area contributed by atoms with Crippen LogP contribution in [-0.4, -0.2) is 43.3 Å². The molecule has 2 rings (SSSR count). The van der Waals surface area contributed by atoms with Crippen LogP contribution < -0.4 is 16.0 Å². The Hall–Kier alpha value is -2.44. The molecule has 1 saturated carbocycles. The number of nitrogens with one attached hydrogen (secondary N) is 3. The fourth-order valence-electron chi connectivity index (χ4n) is 2.56. The number of aliphatic imine (C=N–C) groups is 1. The van der Waals surface area contributed by atoms with Crippen molar-refractivity contribution in [2.75, 3.05) is 19.6 Å². The fourth-order valence-corrected chi connectivity index (χ4v) is 2.56. The second-order valence-electron chi connectivity index (χ2n) is 7.71. The van der Waals surface area contributed by atoms with Gasteiger partial charge in [0.2, 0.25) is 0 Å². The second kappa shape index (κ2) is 10.0. The molecule has 1 atom stereocenters. The van der Waals surface area contributed by atoms with E-state index in [0.29, 0.717) is 31.5 Å². The van der Waals surface area contributed by atoms with Gasteiger partial charge in [0.05, 0.1) is 18.8 Å². The van der Waals surface area contributed by atoms with Crippen molar-refractivity contribution >= 4 is 12.1 Å². The predicted octanol–water partition coefficient (Wildman–Crippen LogP) is 2.85. The number of hydrogen-bond acceptors (Lipinski definition) is 4. The molecule has 1 fully saturated rings. The average Bonchev–Trinajstić information content (AvgIpc) is 3.30. The Morgan fingerprint density at radius 3 is 2.81 bits per heavy atom. The van der Waals surface area contributed by atoms with Gasteiger partial charge in [-0.15, -0.1) is 6.58 Å². The van der Waals surface area contributed by atoms with E-state index in [1.165, 1.54) is 0 Å². The van der Waals surface area contributed by atoms with Crippen LogP contribution in [0.3, 0.4) is 0 Å². The van der Waals surface area contributed by atoms with Crippen molar-refractivity contribution in [1.82, 2.24) is 16.0 Å². The first kappa shape index (κ1) is 20.9. The summed E-state index contributed by atoms with van der Waals surface area (Å²) in [5.41, 5.74) is -0.508. The molecule has 1 aliphatic rings. The van der Waals surface area contributed by atoms with Crippen molar-refractivity contribution in [3.05, 3.63) is 36.8 Å². The van der Waals surface area contributed by atoms with E-state index < -0.39 is 5.60 Å². The van der Waals surface area contributed by atoms with Crippen LogP contribution in [0.2, 0.25) is 0 Å². The number of amides is 1. The highest BCUT2D eigenvalue weighted by Gasteiger charge is 2.33. The lowest BCUT2D eigenvalue weighted by molar-refractivity contribution is 0.0500. The Morgan fingerprint density at radius 2 is 2.22 bits per heavy atom. The number of alkyl carbamates (subject to hydrolysis) is 1. The summed E-state index contributed by atoms with van der Waals surface area (Å²) in [6.07, 6.45) is 6.05. The van der Waals surface area contributed by atoms with E-state index in [9.17, 15) is 4.79 Å². The van der Waals surface area contributed by atoms with Gasteiger partial charge < -0.3 is 25.1 Å². The largest absolute Gasteiger partial charge is 0.469 e. The molecule has 3 N–H and O–H groups in total. The van der Waals surface area contributed by atoms with E-state index in [1.54, 1.807) is 12.3 Å². The third-order valence-corrected chi connectivity index (χ3v) is 4.00. The molecule has 0 spiro atoms. The lowest BCUT2D eigenvalue weighted by Crippen LogP contribution is -2.44. The standard InChI is InChI=1S/C20H32N4O3/c1-5-11-21-18(22-12-10-16-7-6-13-26-16)23-14-17(15-8-9-15)24-19(25)27-20(2,3)4/h5-7,13,15,17H,1,8-12,14H2,2-4H3,(H,24,25)(H2,21,22,23). The minimum atomic E-state index is -0.508. The van der Waals surface area contributed by atoms with Crippen molar-refractivity contribution in [3.8, 4) is 0 Å². The number of furan rings is 1. The van der Waals surface area contributed by atoms with Crippen molar-refractivity contribution in [3.63, 3.8) is 0 Å². The van der Waals surface area contributed by atoms with Gasteiger partial charge in [-0.3, -0.25) is 4.99 Å². The number of rotatable bonds is 9. The van der Waals surface area contributed by atoms with E-state index >= 15 is 0 Å². The molecule has 1 unspecified atom stereocenters. The third-order valence-electron chi connectivity index (χ3n) is 4.00. The molecule has 1 aromatic heterocycles. The van der Waals surface area contributed by atoms with Crippen LogP contribution >= 0.6 is 0 Å². The fraction of sp³-hybridized carbons (Fsp3) is 0.600. The summed E-state index contributed by atoms with van der Waals surface area (Å²) in [6.45, 7) is 11.1. The van der Waals surface area contributed by atoms with Gasteiger partial charge in [0, 0.05) is 19.5 Å². The van der Waals surface area contributed by atoms with E-state index in [1.807, 2.05) is 32.9 Å². The SMILES string of the molecule is C=CCNC(=NCC(NC(=O)OC(C)(C)C)C1CC1)NCCc1ccco1. The van der Waals surface area contributed by atoms with E-state index in [0.717, 1.165) is 25.0 Å². The van der Waals surface area contributed by atoms with Gasteiger partial charge in [-0.1, -0.05) is 6.08 Å². The van der Waals surface area contributed by atoms with Crippen LogP contribution in [0.15, 0.2) is 40.5 Å². The minimum Gasteiger partial charge on any atom is -0.469 e. The van der Waals surface area contributed by atoms with Gasteiger partial charge >= 0.3 is 6.09 Å². The van der Waals surface area contributed by atoms with Gasteiger partial charge in [-0.25, -0.2) is 4.79 Å². The summed E-state index contributed by atoms with van der Waals surface area (Å²) in [5, 5.41) is 9.45. The molecule has 7 nitrogen and oxygen atoms in total. The Kier molecular flexibility index (Phi) is 7.76. The van der Waals surface area contributed by atoms with E-state index in [2.05, 4.69) is 27.5 Å². The van der Waals surface area contributed by atoms with Gasteiger partial charge in [0.1, 0.15) is 11.4 Å². The molecule has 0 saturated heterocycles. The van der Waals surface area contributed by atoms with Crippen molar-refractivity contribution in [2.24, 2.45) is 10.9 Å². The summed E-state index contributed by atoms with van der Waals surface area (Å²) < 4.78 is 10.7. The summed E-state index contributed by atoms with van der Waals surface area (Å²) in [4.78, 5) is 16.7. The zero-order chi connectivity index (χ0) is 19.7. The molecule has 27 heavy (non-hydrogen) atoms. The van der Waals surface area contributed by atoms with E-state index in [-0.39, 0.29) is 12.1 Å². The zero-order valence-electron chi connectivity index (χ0n) is 16.6. The number of ether oxygens (including phenoxy) is 1. The Bertz CT molecular complexity index is 616. The van der Waals surface area contributed by atoms with Gasteiger partial charge in [-0.05, 0) is 51.7 Å². The third kappa shape index (κ3) is 8.66. The molecule has 7 heteroatoms. The summed E-state index contributed by atoms with van der Waals surface area (Å²) in [7, 11) is 0. The molecule has 1 aliphatic carbocycles. The normalized spacial score (nSPS) is 15.7.